The molecular formula is C21H13N3. The fraction of sp³-hybridized carbons (Fsp3) is 0. The molecule has 0 heterocycles. The molecule has 0 fully saturated rings. The molecule has 1 aliphatic carbocycles. The number of nitrogens with zero attached hydrogens (tertiary/aromatic N) is 3. The van der Waals surface area contributed by atoms with Crippen molar-refractivity contribution in [2.24, 2.45) is 10.2 Å². The second-order valence-corrected chi connectivity index (χ2v) is 5.52. The summed E-state index contributed by atoms with van der Waals surface area (Å²) >= 11 is 0. The van der Waals surface area contributed by atoms with Gasteiger partial charge in [-0.1, -0.05) is 60.7 Å². The third kappa shape index (κ3) is 2.41. The molecule has 3 aromatic carbocycles. The predicted molar refractivity (Wildman–Crippen MR) is 96.3 cm³/mol. The van der Waals surface area contributed by atoms with E-state index in [0.717, 1.165) is 22.4 Å². The fourth-order valence-corrected chi connectivity index (χ4v) is 2.90. The van der Waals surface area contributed by atoms with Crippen molar-refractivity contribution in [1.29, 1.82) is 5.26 Å². The molecule has 0 saturated carbocycles. The predicted octanol–water partition coefficient (Wildman–Crippen LogP) is 4.41. The highest BCUT2D eigenvalue weighted by atomic mass is 15.2. The number of nitriles is 1. The van der Waals surface area contributed by atoms with Crippen molar-refractivity contribution in [3.8, 4) is 17.2 Å². The van der Waals surface area contributed by atoms with Crippen molar-refractivity contribution in [3.63, 3.8) is 0 Å². The zero-order valence-corrected chi connectivity index (χ0v) is 12.8. The number of hydrogen-bond donors (Lipinski definition) is 0. The van der Waals surface area contributed by atoms with Gasteiger partial charge in [-0.3, -0.25) is 0 Å². The topological polar surface area (TPSA) is 48.5 Å². The molecule has 3 nitrogen and oxygen atoms in total. The zero-order valence-electron chi connectivity index (χ0n) is 12.8. The van der Waals surface area contributed by atoms with E-state index in [1.807, 2.05) is 36.4 Å². The SMILES string of the molecule is N#Cc1ccc(/C=N\N=C2c3ccccc3-c3ccccc32)cc1. The monoisotopic (exact) mass is 307 g/mol. The Morgan fingerprint density at radius 1 is 0.708 bits per heavy atom. The van der Waals surface area contributed by atoms with Crippen LogP contribution in [0.5, 0.6) is 0 Å². The second kappa shape index (κ2) is 5.94. The van der Waals surface area contributed by atoms with E-state index in [0.29, 0.717) is 5.56 Å². The van der Waals surface area contributed by atoms with Crippen molar-refractivity contribution in [3.05, 3.63) is 95.1 Å². The van der Waals surface area contributed by atoms with Crippen molar-refractivity contribution in [2.45, 2.75) is 0 Å². The number of rotatable bonds is 2. The minimum Gasteiger partial charge on any atom is -0.192 e. The maximum Gasteiger partial charge on any atom is 0.101 e. The summed E-state index contributed by atoms with van der Waals surface area (Å²) in [7, 11) is 0. The van der Waals surface area contributed by atoms with Crippen LogP contribution in [-0.2, 0) is 0 Å². The Kier molecular flexibility index (Phi) is 3.49. The Balaban J connectivity index is 1.72. The molecular weight excluding hydrogens is 294 g/mol. The van der Waals surface area contributed by atoms with Crippen LogP contribution in [0.1, 0.15) is 22.3 Å². The maximum absolute atomic E-state index is 8.83. The summed E-state index contributed by atoms with van der Waals surface area (Å²) in [5.74, 6) is 0. The van der Waals surface area contributed by atoms with Gasteiger partial charge in [0.2, 0.25) is 0 Å². The highest BCUT2D eigenvalue weighted by Gasteiger charge is 2.23. The summed E-state index contributed by atoms with van der Waals surface area (Å²) < 4.78 is 0. The summed E-state index contributed by atoms with van der Waals surface area (Å²) in [6, 6.07) is 25.9. The summed E-state index contributed by atoms with van der Waals surface area (Å²) in [5.41, 5.74) is 7.05. The van der Waals surface area contributed by atoms with Gasteiger partial charge in [-0.05, 0) is 28.8 Å². The Hall–Kier alpha value is -3.51. The zero-order chi connectivity index (χ0) is 16.4. The van der Waals surface area contributed by atoms with Crippen molar-refractivity contribution < 1.29 is 0 Å². The average Bonchev–Trinajstić information content (AvgIpc) is 2.97. The quantitative estimate of drug-likeness (QED) is 0.400. The molecule has 24 heavy (non-hydrogen) atoms. The van der Waals surface area contributed by atoms with Crippen LogP contribution in [0.3, 0.4) is 0 Å². The summed E-state index contributed by atoms with van der Waals surface area (Å²) in [5, 5.41) is 17.6. The molecule has 0 N–H and O–H groups in total. The van der Waals surface area contributed by atoms with Crippen molar-refractivity contribution in [1.82, 2.24) is 0 Å². The first-order valence-electron chi connectivity index (χ1n) is 7.67. The minimum absolute atomic E-state index is 0.636. The molecule has 0 amide bonds. The van der Waals surface area contributed by atoms with E-state index < -0.39 is 0 Å². The molecule has 3 heteroatoms. The van der Waals surface area contributed by atoms with Gasteiger partial charge in [-0.25, -0.2) is 0 Å². The largest absolute Gasteiger partial charge is 0.192 e. The van der Waals surface area contributed by atoms with Gasteiger partial charge in [-0.15, -0.1) is 5.10 Å². The van der Waals surface area contributed by atoms with Crippen LogP contribution in [0.2, 0.25) is 0 Å². The van der Waals surface area contributed by atoms with E-state index in [4.69, 9.17) is 5.26 Å². The molecule has 0 bridgehead atoms. The standard InChI is InChI=1S/C21H13N3/c22-13-15-9-11-16(12-10-15)14-23-24-21-19-7-3-1-5-17(19)18-6-2-4-8-20(18)21/h1-12,14H/b23-14-. The van der Waals surface area contributed by atoms with E-state index >= 15 is 0 Å². The Labute approximate surface area is 140 Å². The lowest BCUT2D eigenvalue weighted by molar-refractivity contribution is 1.25. The summed E-state index contributed by atoms with van der Waals surface area (Å²) in [6.45, 7) is 0. The molecule has 0 spiro atoms. The minimum atomic E-state index is 0.636. The van der Waals surface area contributed by atoms with E-state index in [2.05, 4.69) is 40.5 Å². The van der Waals surface area contributed by atoms with Gasteiger partial charge in [0.15, 0.2) is 0 Å². The van der Waals surface area contributed by atoms with Gasteiger partial charge < -0.3 is 0 Å². The molecule has 0 aromatic heterocycles. The van der Waals surface area contributed by atoms with Gasteiger partial charge >= 0.3 is 0 Å². The second-order valence-electron chi connectivity index (χ2n) is 5.52. The van der Waals surface area contributed by atoms with Crippen LogP contribution in [0.25, 0.3) is 11.1 Å². The maximum atomic E-state index is 8.83. The van der Waals surface area contributed by atoms with Crippen LogP contribution in [0.15, 0.2) is 83.0 Å². The molecule has 0 saturated heterocycles. The lowest BCUT2D eigenvalue weighted by Crippen LogP contribution is -1.97. The van der Waals surface area contributed by atoms with Crippen LogP contribution in [0, 0.1) is 11.3 Å². The van der Waals surface area contributed by atoms with Crippen molar-refractivity contribution >= 4 is 11.9 Å². The molecule has 112 valence electrons. The highest BCUT2D eigenvalue weighted by molar-refractivity contribution is 6.24. The number of hydrogen-bond acceptors (Lipinski definition) is 3. The first-order chi connectivity index (χ1) is 11.9. The average molecular weight is 307 g/mol. The molecule has 4 rings (SSSR count). The van der Waals surface area contributed by atoms with Crippen molar-refractivity contribution in [2.75, 3.05) is 0 Å². The van der Waals surface area contributed by atoms with E-state index in [9.17, 15) is 0 Å². The molecule has 0 unspecified atom stereocenters. The van der Waals surface area contributed by atoms with Crippen LogP contribution >= 0.6 is 0 Å². The van der Waals surface area contributed by atoms with Crippen LogP contribution < -0.4 is 0 Å². The molecule has 1 aliphatic rings. The van der Waals surface area contributed by atoms with Crippen LogP contribution in [-0.4, -0.2) is 11.9 Å². The lowest BCUT2D eigenvalue weighted by atomic mass is 10.1. The highest BCUT2D eigenvalue weighted by Crippen LogP contribution is 2.36. The third-order valence-electron chi connectivity index (χ3n) is 4.06. The first kappa shape index (κ1) is 14.1. The van der Waals surface area contributed by atoms with E-state index in [-0.39, 0.29) is 0 Å². The van der Waals surface area contributed by atoms with Crippen LogP contribution in [0.4, 0.5) is 0 Å². The number of fused-ring (bicyclic) bond motifs is 3. The Morgan fingerprint density at radius 2 is 1.25 bits per heavy atom. The molecule has 0 atom stereocenters. The van der Waals surface area contributed by atoms with Gasteiger partial charge in [0.25, 0.3) is 0 Å². The summed E-state index contributed by atoms with van der Waals surface area (Å²) in [4.78, 5) is 0. The van der Waals surface area contributed by atoms with E-state index in [1.165, 1.54) is 11.1 Å². The smallest absolute Gasteiger partial charge is 0.101 e. The third-order valence-corrected chi connectivity index (χ3v) is 4.06. The van der Waals surface area contributed by atoms with E-state index in [1.54, 1.807) is 18.3 Å². The van der Waals surface area contributed by atoms with Gasteiger partial charge in [0, 0.05) is 11.1 Å². The Morgan fingerprint density at radius 3 is 1.79 bits per heavy atom. The molecule has 3 aromatic rings. The van der Waals surface area contributed by atoms with Gasteiger partial charge in [-0.2, -0.15) is 10.4 Å². The lowest BCUT2D eigenvalue weighted by Gasteiger charge is -1.98. The Bertz CT molecular complexity index is 958. The number of benzene rings is 3. The molecule has 0 radical (unpaired) electrons. The molecule has 0 aliphatic heterocycles. The first-order valence-corrected chi connectivity index (χ1v) is 7.67. The van der Waals surface area contributed by atoms with Gasteiger partial charge in [0.05, 0.1) is 17.8 Å². The van der Waals surface area contributed by atoms with Gasteiger partial charge in [0.1, 0.15) is 5.71 Å². The fourth-order valence-electron chi connectivity index (χ4n) is 2.90. The normalized spacial score (nSPS) is 11.9. The summed E-state index contributed by atoms with van der Waals surface area (Å²) in [6.07, 6.45) is 1.71.